The number of carbonyl (C=O) groups excluding carboxylic acids is 1. The molecule has 2 amide bonds. The van der Waals surface area contributed by atoms with E-state index in [0.29, 0.717) is 6.54 Å². The first-order valence-electron chi connectivity index (χ1n) is 6.36. The summed E-state index contributed by atoms with van der Waals surface area (Å²) < 4.78 is 0. The van der Waals surface area contributed by atoms with Gasteiger partial charge in [0.15, 0.2) is 0 Å². The fourth-order valence-electron chi connectivity index (χ4n) is 2.11. The van der Waals surface area contributed by atoms with Crippen molar-refractivity contribution in [1.29, 1.82) is 5.26 Å². The van der Waals surface area contributed by atoms with Crippen LogP contribution in [0.4, 0.5) is 4.79 Å². The second-order valence-electron chi connectivity index (χ2n) is 4.33. The number of hydrogen-bond acceptors (Lipinski definition) is 3. The topological polar surface area (TPSA) is 59.4 Å². The van der Waals surface area contributed by atoms with Gasteiger partial charge in [-0.1, -0.05) is 0 Å². The zero-order valence-corrected chi connectivity index (χ0v) is 10.8. The summed E-state index contributed by atoms with van der Waals surface area (Å²) in [6.45, 7) is 7.76. The van der Waals surface area contributed by atoms with Crippen molar-refractivity contribution >= 4 is 6.03 Å². The predicted molar refractivity (Wildman–Crippen MR) is 66.5 cm³/mol. The maximum atomic E-state index is 11.8. The maximum Gasteiger partial charge on any atom is 0.317 e. The summed E-state index contributed by atoms with van der Waals surface area (Å²) in [6, 6.07) is 2.46. The first kappa shape index (κ1) is 13.8. The molecular weight excluding hydrogens is 216 g/mol. The fourth-order valence-corrected chi connectivity index (χ4v) is 2.11. The SMILES string of the molecule is CCN(CC)C(=O)NC1CCN(CC#N)CC1. The molecule has 0 aliphatic carbocycles. The molecular formula is C12H22N4O. The maximum absolute atomic E-state index is 11.8. The third kappa shape index (κ3) is 4.23. The summed E-state index contributed by atoms with van der Waals surface area (Å²) in [4.78, 5) is 15.7. The number of likely N-dealkylation sites (tertiary alicyclic amines) is 1. The van der Waals surface area contributed by atoms with Gasteiger partial charge >= 0.3 is 6.03 Å². The third-order valence-electron chi connectivity index (χ3n) is 3.26. The predicted octanol–water partition coefficient (Wildman–Crippen LogP) is 1.03. The van der Waals surface area contributed by atoms with Crippen LogP contribution in [-0.4, -0.2) is 54.6 Å². The van der Waals surface area contributed by atoms with E-state index in [4.69, 9.17) is 5.26 Å². The number of nitrogens with one attached hydrogen (secondary N) is 1. The van der Waals surface area contributed by atoms with Crippen molar-refractivity contribution in [2.24, 2.45) is 0 Å². The van der Waals surface area contributed by atoms with Gasteiger partial charge in [-0.15, -0.1) is 0 Å². The summed E-state index contributed by atoms with van der Waals surface area (Å²) in [5, 5.41) is 11.7. The zero-order valence-electron chi connectivity index (χ0n) is 10.8. The molecule has 0 unspecified atom stereocenters. The number of nitrogens with zero attached hydrogens (tertiary/aromatic N) is 3. The van der Waals surface area contributed by atoms with Crippen molar-refractivity contribution < 1.29 is 4.79 Å². The summed E-state index contributed by atoms with van der Waals surface area (Å²) in [5.41, 5.74) is 0. The second kappa shape index (κ2) is 7.13. The van der Waals surface area contributed by atoms with Crippen LogP contribution in [0.25, 0.3) is 0 Å². The van der Waals surface area contributed by atoms with Crippen LogP contribution in [0, 0.1) is 11.3 Å². The molecule has 5 heteroatoms. The summed E-state index contributed by atoms with van der Waals surface area (Å²) >= 11 is 0. The van der Waals surface area contributed by atoms with Gasteiger partial charge in [0.05, 0.1) is 12.6 Å². The highest BCUT2D eigenvalue weighted by Crippen LogP contribution is 2.10. The fraction of sp³-hybridized carbons (Fsp3) is 0.833. The highest BCUT2D eigenvalue weighted by atomic mass is 16.2. The first-order chi connectivity index (χ1) is 8.21. The molecule has 0 aromatic carbocycles. The average Bonchev–Trinajstić information content (AvgIpc) is 2.33. The minimum Gasteiger partial charge on any atom is -0.335 e. The molecule has 0 radical (unpaired) electrons. The molecule has 5 nitrogen and oxygen atoms in total. The molecule has 0 spiro atoms. The Morgan fingerprint density at radius 2 is 2.00 bits per heavy atom. The highest BCUT2D eigenvalue weighted by Gasteiger charge is 2.21. The molecule has 96 valence electrons. The minimum atomic E-state index is 0.0359. The molecule has 17 heavy (non-hydrogen) atoms. The van der Waals surface area contributed by atoms with E-state index >= 15 is 0 Å². The standard InChI is InChI=1S/C12H22N4O/c1-3-16(4-2)12(17)14-11-5-8-15(9-6-11)10-7-13/h11H,3-6,8-10H2,1-2H3,(H,14,17). The summed E-state index contributed by atoms with van der Waals surface area (Å²) in [7, 11) is 0. The van der Waals surface area contributed by atoms with E-state index < -0.39 is 0 Å². The van der Waals surface area contributed by atoms with Crippen molar-refractivity contribution in [3.63, 3.8) is 0 Å². The third-order valence-corrected chi connectivity index (χ3v) is 3.26. The van der Waals surface area contributed by atoms with Gasteiger partial charge in [-0.05, 0) is 26.7 Å². The van der Waals surface area contributed by atoms with Crippen LogP contribution >= 0.6 is 0 Å². The Morgan fingerprint density at radius 3 is 2.47 bits per heavy atom. The Balaban J connectivity index is 2.30. The normalized spacial score (nSPS) is 17.5. The second-order valence-corrected chi connectivity index (χ2v) is 4.33. The molecule has 1 heterocycles. The largest absolute Gasteiger partial charge is 0.335 e. The minimum absolute atomic E-state index is 0.0359. The molecule has 0 aromatic rings. The van der Waals surface area contributed by atoms with Gasteiger partial charge in [-0.2, -0.15) is 5.26 Å². The van der Waals surface area contributed by atoms with Gasteiger partial charge in [0, 0.05) is 32.2 Å². The quantitative estimate of drug-likeness (QED) is 0.744. The average molecular weight is 238 g/mol. The lowest BCUT2D eigenvalue weighted by molar-refractivity contribution is 0.181. The van der Waals surface area contributed by atoms with Gasteiger partial charge in [-0.25, -0.2) is 4.79 Å². The van der Waals surface area contributed by atoms with Crippen LogP contribution in [0.2, 0.25) is 0 Å². The molecule has 1 aliphatic heterocycles. The molecule has 1 saturated heterocycles. The molecule has 1 rings (SSSR count). The molecule has 0 bridgehead atoms. The van der Waals surface area contributed by atoms with E-state index in [1.165, 1.54) is 0 Å². The Kier molecular flexibility index (Phi) is 5.78. The molecule has 0 aromatic heterocycles. The summed E-state index contributed by atoms with van der Waals surface area (Å²) in [6.07, 6.45) is 1.88. The van der Waals surface area contributed by atoms with E-state index in [2.05, 4.69) is 16.3 Å². The number of rotatable bonds is 4. The molecule has 1 aliphatic rings. The van der Waals surface area contributed by atoms with Crippen molar-refractivity contribution in [2.75, 3.05) is 32.7 Å². The summed E-state index contributed by atoms with van der Waals surface area (Å²) in [5.74, 6) is 0. The Hall–Kier alpha value is -1.28. The molecule has 0 atom stereocenters. The van der Waals surface area contributed by atoms with Crippen LogP contribution in [0.15, 0.2) is 0 Å². The Morgan fingerprint density at radius 1 is 1.41 bits per heavy atom. The van der Waals surface area contributed by atoms with Crippen LogP contribution < -0.4 is 5.32 Å². The van der Waals surface area contributed by atoms with E-state index in [1.807, 2.05) is 13.8 Å². The first-order valence-corrected chi connectivity index (χ1v) is 6.36. The number of urea groups is 1. The van der Waals surface area contributed by atoms with Gasteiger partial charge in [0.2, 0.25) is 0 Å². The lowest BCUT2D eigenvalue weighted by atomic mass is 10.1. The monoisotopic (exact) mass is 238 g/mol. The van der Waals surface area contributed by atoms with E-state index in [-0.39, 0.29) is 12.1 Å². The number of amides is 2. The van der Waals surface area contributed by atoms with Gasteiger partial charge < -0.3 is 10.2 Å². The lowest BCUT2D eigenvalue weighted by Gasteiger charge is -2.32. The van der Waals surface area contributed by atoms with Gasteiger partial charge in [-0.3, -0.25) is 4.90 Å². The Labute approximate surface area is 103 Å². The van der Waals surface area contributed by atoms with Crippen LogP contribution in [0.5, 0.6) is 0 Å². The van der Waals surface area contributed by atoms with Crippen LogP contribution in [0.3, 0.4) is 0 Å². The van der Waals surface area contributed by atoms with E-state index in [1.54, 1.807) is 4.90 Å². The number of hydrogen-bond donors (Lipinski definition) is 1. The van der Waals surface area contributed by atoms with Crippen molar-refractivity contribution in [3.8, 4) is 6.07 Å². The van der Waals surface area contributed by atoms with Crippen molar-refractivity contribution in [3.05, 3.63) is 0 Å². The zero-order chi connectivity index (χ0) is 12.7. The molecule has 1 fully saturated rings. The number of piperidine rings is 1. The molecule has 0 saturated carbocycles. The van der Waals surface area contributed by atoms with Crippen LogP contribution in [0.1, 0.15) is 26.7 Å². The van der Waals surface area contributed by atoms with E-state index in [9.17, 15) is 4.79 Å². The lowest BCUT2D eigenvalue weighted by Crippen LogP contribution is -2.49. The smallest absolute Gasteiger partial charge is 0.317 e. The highest BCUT2D eigenvalue weighted by molar-refractivity contribution is 5.74. The van der Waals surface area contributed by atoms with Crippen molar-refractivity contribution in [2.45, 2.75) is 32.7 Å². The van der Waals surface area contributed by atoms with Crippen molar-refractivity contribution in [1.82, 2.24) is 15.1 Å². The molecule has 1 N–H and O–H groups in total. The Bertz CT molecular complexity index is 275. The van der Waals surface area contributed by atoms with E-state index in [0.717, 1.165) is 39.0 Å². The van der Waals surface area contributed by atoms with Crippen LogP contribution in [-0.2, 0) is 0 Å². The van der Waals surface area contributed by atoms with Gasteiger partial charge in [0.25, 0.3) is 0 Å². The van der Waals surface area contributed by atoms with Gasteiger partial charge in [0.1, 0.15) is 0 Å². The number of carbonyl (C=O) groups is 1. The number of nitriles is 1.